The highest BCUT2D eigenvalue weighted by molar-refractivity contribution is 6.33. The Balaban J connectivity index is 2.81. The summed E-state index contributed by atoms with van der Waals surface area (Å²) in [5, 5.41) is 12.3. The number of carboxylic acids is 1. The number of nitrogens with two attached hydrogens (primary N) is 2. The van der Waals surface area contributed by atoms with E-state index in [2.05, 4.69) is 5.10 Å². The summed E-state index contributed by atoms with van der Waals surface area (Å²) in [5.41, 5.74) is 4.94. The second-order valence-corrected chi connectivity index (χ2v) is 3.12. The van der Waals surface area contributed by atoms with Crippen LogP contribution in [0.5, 0.6) is 0 Å². The van der Waals surface area contributed by atoms with E-state index < -0.39 is 23.4 Å². The number of amidine groups is 1. The van der Waals surface area contributed by atoms with Gasteiger partial charge in [-0.15, -0.1) is 5.10 Å². The van der Waals surface area contributed by atoms with Gasteiger partial charge in [0.05, 0.1) is 6.54 Å². The molecular formula is C9H10F2N4O2. The van der Waals surface area contributed by atoms with Crippen LogP contribution in [0.2, 0.25) is 0 Å². The summed E-state index contributed by atoms with van der Waals surface area (Å²) >= 11 is 0. The van der Waals surface area contributed by atoms with Crippen molar-refractivity contribution in [3.63, 3.8) is 0 Å². The van der Waals surface area contributed by atoms with E-state index in [1.54, 1.807) is 0 Å². The van der Waals surface area contributed by atoms with Gasteiger partial charge < -0.3 is 10.8 Å². The van der Waals surface area contributed by atoms with Crippen LogP contribution in [-0.2, 0) is 11.3 Å². The third-order valence-corrected chi connectivity index (χ3v) is 1.80. The summed E-state index contributed by atoms with van der Waals surface area (Å²) in [4.78, 5) is 10.3. The molecule has 0 radical (unpaired) electrons. The monoisotopic (exact) mass is 244 g/mol. The average molecular weight is 244 g/mol. The number of hydrogen-bond donors (Lipinski definition) is 3. The fourth-order valence-corrected chi connectivity index (χ4v) is 1.06. The normalized spacial score (nSPS) is 11.4. The second kappa shape index (κ2) is 5.21. The molecule has 0 atom stereocenters. The minimum atomic E-state index is -1.46. The number of aliphatic carboxylic acids is 1. The van der Waals surface area contributed by atoms with E-state index in [0.29, 0.717) is 5.12 Å². The van der Waals surface area contributed by atoms with Crippen molar-refractivity contribution in [1.29, 1.82) is 0 Å². The van der Waals surface area contributed by atoms with Crippen LogP contribution in [0.1, 0.15) is 5.56 Å². The van der Waals surface area contributed by atoms with Crippen LogP contribution in [0, 0.1) is 11.6 Å². The van der Waals surface area contributed by atoms with E-state index >= 15 is 0 Å². The molecule has 0 bridgehead atoms. The summed E-state index contributed by atoms with van der Waals surface area (Å²) in [6.07, 6.45) is 0. The molecule has 0 heterocycles. The molecule has 0 saturated heterocycles. The lowest BCUT2D eigenvalue weighted by molar-refractivity contribution is -0.129. The lowest BCUT2D eigenvalue weighted by atomic mass is 10.2. The van der Waals surface area contributed by atoms with Gasteiger partial charge in [0.2, 0.25) is 5.84 Å². The molecule has 1 aromatic rings. The van der Waals surface area contributed by atoms with Crippen molar-refractivity contribution in [1.82, 2.24) is 5.12 Å². The maximum atomic E-state index is 13.2. The summed E-state index contributed by atoms with van der Waals surface area (Å²) in [6.45, 7) is -0.308. The number of carboxylic acid groups (broad SMARTS) is 1. The van der Waals surface area contributed by atoms with Gasteiger partial charge in [0.25, 0.3) is 0 Å². The molecule has 1 rings (SSSR count). The van der Waals surface area contributed by atoms with E-state index in [0.717, 1.165) is 18.2 Å². The maximum absolute atomic E-state index is 13.2. The first-order valence-corrected chi connectivity index (χ1v) is 4.43. The first-order valence-electron chi connectivity index (χ1n) is 4.43. The lowest BCUT2D eigenvalue weighted by Gasteiger charge is -2.13. The van der Waals surface area contributed by atoms with Crippen LogP contribution in [0.15, 0.2) is 23.3 Å². The molecule has 0 aliphatic carbocycles. The van der Waals surface area contributed by atoms with Gasteiger partial charge in [0, 0.05) is 5.56 Å². The third-order valence-electron chi connectivity index (χ3n) is 1.80. The fraction of sp³-hybridized carbons (Fsp3) is 0.111. The Labute approximate surface area is 95.1 Å². The minimum Gasteiger partial charge on any atom is -0.475 e. The van der Waals surface area contributed by atoms with Crippen LogP contribution < -0.4 is 11.6 Å². The zero-order chi connectivity index (χ0) is 13.0. The molecule has 0 spiro atoms. The van der Waals surface area contributed by atoms with Crippen molar-refractivity contribution < 1.29 is 18.7 Å². The molecule has 17 heavy (non-hydrogen) atoms. The molecule has 92 valence electrons. The van der Waals surface area contributed by atoms with Gasteiger partial charge in [0.15, 0.2) is 0 Å². The smallest absolute Gasteiger partial charge is 0.373 e. The van der Waals surface area contributed by atoms with Gasteiger partial charge in [-0.3, -0.25) is 0 Å². The Bertz CT molecular complexity index is 464. The van der Waals surface area contributed by atoms with Gasteiger partial charge in [-0.25, -0.2) is 24.5 Å². The van der Waals surface area contributed by atoms with Gasteiger partial charge in [-0.05, 0) is 18.2 Å². The van der Waals surface area contributed by atoms with E-state index in [4.69, 9.17) is 16.7 Å². The van der Waals surface area contributed by atoms with Crippen molar-refractivity contribution in [2.45, 2.75) is 6.54 Å². The van der Waals surface area contributed by atoms with E-state index in [1.165, 1.54) is 0 Å². The number of carbonyl (C=O) groups is 1. The van der Waals surface area contributed by atoms with E-state index in [-0.39, 0.29) is 12.1 Å². The summed E-state index contributed by atoms with van der Waals surface area (Å²) in [7, 11) is 0. The Hall–Kier alpha value is -2.22. The van der Waals surface area contributed by atoms with Crippen molar-refractivity contribution in [2.24, 2.45) is 16.7 Å². The number of nitrogens with zero attached hydrogens (tertiary/aromatic N) is 2. The zero-order valence-corrected chi connectivity index (χ0v) is 8.60. The Kier molecular flexibility index (Phi) is 3.94. The molecule has 1 aromatic carbocycles. The van der Waals surface area contributed by atoms with Gasteiger partial charge in [0.1, 0.15) is 11.6 Å². The molecule has 0 fully saturated rings. The number of hydrogen-bond acceptors (Lipinski definition) is 4. The van der Waals surface area contributed by atoms with Crippen molar-refractivity contribution >= 4 is 11.8 Å². The molecule has 0 saturated carbocycles. The summed E-state index contributed by atoms with van der Waals surface area (Å²) in [5.74, 6) is 1.76. The number of hydrazone groups is 1. The fourth-order valence-electron chi connectivity index (χ4n) is 1.06. The van der Waals surface area contributed by atoms with Crippen LogP contribution >= 0.6 is 0 Å². The van der Waals surface area contributed by atoms with Crippen molar-refractivity contribution in [3.05, 3.63) is 35.4 Å². The van der Waals surface area contributed by atoms with Gasteiger partial charge in [-0.1, -0.05) is 0 Å². The summed E-state index contributed by atoms with van der Waals surface area (Å²) in [6, 6.07) is 2.82. The van der Waals surface area contributed by atoms with Crippen LogP contribution in [0.3, 0.4) is 0 Å². The molecule has 0 unspecified atom stereocenters. The Morgan fingerprint density at radius 2 is 2.12 bits per heavy atom. The van der Waals surface area contributed by atoms with Crippen molar-refractivity contribution in [3.8, 4) is 0 Å². The van der Waals surface area contributed by atoms with Gasteiger partial charge >= 0.3 is 5.97 Å². The number of halogens is 2. The predicted octanol–water partition coefficient (Wildman–Crippen LogP) is -0.00270. The van der Waals surface area contributed by atoms with Crippen molar-refractivity contribution in [2.75, 3.05) is 0 Å². The maximum Gasteiger partial charge on any atom is 0.373 e. The number of hydrazine groups is 1. The molecular weight excluding hydrogens is 234 g/mol. The largest absolute Gasteiger partial charge is 0.475 e. The minimum absolute atomic E-state index is 0.0607. The topological polar surface area (TPSA) is 105 Å². The first kappa shape index (κ1) is 12.8. The lowest BCUT2D eigenvalue weighted by Crippen LogP contribution is -2.32. The molecule has 0 amide bonds. The molecule has 6 nitrogen and oxygen atoms in total. The highest BCUT2D eigenvalue weighted by Crippen LogP contribution is 2.11. The average Bonchev–Trinajstić information content (AvgIpc) is 2.23. The third kappa shape index (κ3) is 3.68. The van der Waals surface area contributed by atoms with Crippen LogP contribution in [0.25, 0.3) is 0 Å². The Morgan fingerprint density at radius 3 is 2.71 bits per heavy atom. The first-order chi connectivity index (χ1) is 7.90. The highest BCUT2D eigenvalue weighted by Gasteiger charge is 2.09. The quantitative estimate of drug-likeness (QED) is 0.300. The number of benzene rings is 1. The van der Waals surface area contributed by atoms with E-state index in [9.17, 15) is 13.6 Å². The van der Waals surface area contributed by atoms with Crippen LogP contribution in [0.4, 0.5) is 8.78 Å². The molecule has 0 aromatic heterocycles. The molecule has 0 aliphatic heterocycles. The van der Waals surface area contributed by atoms with E-state index in [1.807, 2.05) is 0 Å². The second-order valence-electron chi connectivity index (χ2n) is 3.12. The standard InChI is InChI=1S/C9H10F2N4O2/c10-6-1-2-7(11)5(3-6)4-15(13)14-8(12)9(16)17/h1-3H,4,13H2,(H2,12,14)(H,16,17). The molecule has 0 aliphatic rings. The molecule has 8 heteroatoms. The van der Waals surface area contributed by atoms with Crippen LogP contribution in [-0.4, -0.2) is 22.0 Å². The number of rotatable bonds is 3. The summed E-state index contributed by atoms with van der Waals surface area (Å²) < 4.78 is 26.0. The highest BCUT2D eigenvalue weighted by atomic mass is 19.1. The SMILES string of the molecule is N/C(=N\N(N)Cc1cc(F)ccc1F)C(=O)O. The predicted molar refractivity (Wildman–Crippen MR) is 55.3 cm³/mol. The molecule has 5 N–H and O–H groups in total. The zero-order valence-electron chi connectivity index (χ0n) is 8.60. The Morgan fingerprint density at radius 1 is 1.47 bits per heavy atom. The van der Waals surface area contributed by atoms with Gasteiger partial charge in [-0.2, -0.15) is 0 Å².